The molecule has 0 saturated heterocycles. The first-order valence-corrected chi connectivity index (χ1v) is 5.68. The van der Waals surface area contributed by atoms with Crippen LogP contribution in [0.2, 0.25) is 0 Å². The topological polar surface area (TPSA) is 35.2 Å². The van der Waals surface area contributed by atoms with Crippen molar-refractivity contribution in [3.8, 4) is 0 Å². The maximum Gasteiger partial charge on any atom is 0.0950 e. The molecule has 2 atom stereocenters. The van der Waals surface area contributed by atoms with E-state index in [2.05, 4.69) is 26.0 Å². The third-order valence-corrected chi connectivity index (χ3v) is 2.48. The fraction of sp³-hybridized carbons (Fsp3) is 0.538. The highest BCUT2D eigenvalue weighted by atomic mass is 16.5. The highest BCUT2D eigenvalue weighted by molar-refractivity contribution is 5.17. The molecule has 2 N–H and O–H groups in total. The van der Waals surface area contributed by atoms with Gasteiger partial charge in [-0.3, -0.25) is 0 Å². The zero-order chi connectivity index (χ0) is 11.1. The number of ether oxygens (including phenoxy) is 1. The van der Waals surface area contributed by atoms with Crippen LogP contribution >= 0.6 is 0 Å². The lowest BCUT2D eigenvalue weighted by Crippen LogP contribution is -2.20. The van der Waals surface area contributed by atoms with Gasteiger partial charge in [-0.05, 0) is 18.9 Å². The standard InChI is InChI=1S/C13H21NO/c1-3-7-11(2)15-13(10-14)12-8-5-4-6-9-12/h4-6,8-9,11,13H,3,7,10,14H2,1-2H3. The molecule has 0 saturated carbocycles. The van der Waals surface area contributed by atoms with E-state index in [4.69, 9.17) is 10.5 Å². The van der Waals surface area contributed by atoms with Gasteiger partial charge < -0.3 is 10.5 Å². The van der Waals surface area contributed by atoms with Gasteiger partial charge in [-0.1, -0.05) is 43.7 Å². The van der Waals surface area contributed by atoms with Crippen LogP contribution in [0.4, 0.5) is 0 Å². The van der Waals surface area contributed by atoms with Gasteiger partial charge in [0, 0.05) is 6.54 Å². The number of rotatable bonds is 6. The zero-order valence-electron chi connectivity index (χ0n) is 9.65. The van der Waals surface area contributed by atoms with E-state index < -0.39 is 0 Å². The summed E-state index contributed by atoms with van der Waals surface area (Å²) >= 11 is 0. The first-order chi connectivity index (χ1) is 7.27. The van der Waals surface area contributed by atoms with Gasteiger partial charge in [0.1, 0.15) is 0 Å². The van der Waals surface area contributed by atoms with Crippen LogP contribution in [-0.2, 0) is 4.74 Å². The molecule has 0 aliphatic carbocycles. The second kappa shape index (κ2) is 6.59. The van der Waals surface area contributed by atoms with Crippen LogP contribution in [0.15, 0.2) is 30.3 Å². The van der Waals surface area contributed by atoms with E-state index in [0.717, 1.165) is 12.8 Å². The maximum atomic E-state index is 5.90. The smallest absolute Gasteiger partial charge is 0.0950 e. The van der Waals surface area contributed by atoms with Gasteiger partial charge in [-0.2, -0.15) is 0 Å². The quantitative estimate of drug-likeness (QED) is 0.778. The lowest BCUT2D eigenvalue weighted by molar-refractivity contribution is -0.00283. The van der Waals surface area contributed by atoms with Crippen molar-refractivity contribution < 1.29 is 4.74 Å². The Kier molecular flexibility index (Phi) is 5.37. The molecule has 0 aliphatic rings. The number of hydrogen-bond acceptors (Lipinski definition) is 2. The molecule has 84 valence electrons. The van der Waals surface area contributed by atoms with Crippen LogP contribution in [0.5, 0.6) is 0 Å². The SMILES string of the molecule is CCCC(C)OC(CN)c1ccccc1. The molecule has 1 aromatic carbocycles. The molecule has 2 heteroatoms. The minimum atomic E-state index is 0.0350. The van der Waals surface area contributed by atoms with Crippen molar-refractivity contribution in [2.45, 2.75) is 38.9 Å². The fourth-order valence-electron chi connectivity index (χ4n) is 1.69. The van der Waals surface area contributed by atoms with E-state index in [0.29, 0.717) is 6.54 Å². The van der Waals surface area contributed by atoms with Crippen LogP contribution in [0.25, 0.3) is 0 Å². The summed E-state index contributed by atoms with van der Waals surface area (Å²) in [7, 11) is 0. The lowest BCUT2D eigenvalue weighted by atomic mass is 10.1. The van der Waals surface area contributed by atoms with Crippen molar-refractivity contribution in [3.05, 3.63) is 35.9 Å². The Labute approximate surface area is 92.4 Å². The molecule has 0 spiro atoms. The molecule has 15 heavy (non-hydrogen) atoms. The van der Waals surface area contributed by atoms with Gasteiger partial charge in [0.25, 0.3) is 0 Å². The molecule has 2 nitrogen and oxygen atoms in total. The summed E-state index contributed by atoms with van der Waals surface area (Å²) in [5.41, 5.74) is 6.89. The second-order valence-corrected chi connectivity index (χ2v) is 3.87. The molecule has 0 heterocycles. The highest BCUT2D eigenvalue weighted by Gasteiger charge is 2.12. The second-order valence-electron chi connectivity index (χ2n) is 3.87. The van der Waals surface area contributed by atoms with E-state index >= 15 is 0 Å². The molecule has 2 unspecified atom stereocenters. The van der Waals surface area contributed by atoms with Gasteiger partial charge in [-0.15, -0.1) is 0 Å². The first-order valence-electron chi connectivity index (χ1n) is 5.68. The third kappa shape index (κ3) is 4.02. The monoisotopic (exact) mass is 207 g/mol. The molecule has 0 amide bonds. The summed E-state index contributed by atoms with van der Waals surface area (Å²) in [6.45, 7) is 4.81. The fourth-order valence-corrected chi connectivity index (χ4v) is 1.69. The van der Waals surface area contributed by atoms with E-state index in [-0.39, 0.29) is 12.2 Å². The van der Waals surface area contributed by atoms with Gasteiger partial charge in [-0.25, -0.2) is 0 Å². The zero-order valence-corrected chi connectivity index (χ0v) is 9.65. The number of nitrogens with two attached hydrogens (primary N) is 1. The van der Waals surface area contributed by atoms with E-state index in [1.165, 1.54) is 5.56 Å². The van der Waals surface area contributed by atoms with E-state index in [9.17, 15) is 0 Å². The first kappa shape index (κ1) is 12.2. The van der Waals surface area contributed by atoms with Crippen molar-refractivity contribution in [1.82, 2.24) is 0 Å². The Balaban J connectivity index is 2.56. The predicted molar refractivity (Wildman–Crippen MR) is 63.7 cm³/mol. The largest absolute Gasteiger partial charge is 0.369 e. The number of benzene rings is 1. The molecular weight excluding hydrogens is 186 g/mol. The molecule has 0 aromatic heterocycles. The molecule has 0 aliphatic heterocycles. The summed E-state index contributed by atoms with van der Waals surface area (Å²) in [6, 6.07) is 10.2. The Morgan fingerprint density at radius 3 is 2.47 bits per heavy atom. The van der Waals surface area contributed by atoms with Crippen LogP contribution in [0, 0.1) is 0 Å². The van der Waals surface area contributed by atoms with Crippen molar-refractivity contribution >= 4 is 0 Å². The Hall–Kier alpha value is -0.860. The molecule has 1 aromatic rings. The average Bonchev–Trinajstić information content (AvgIpc) is 2.27. The summed E-state index contributed by atoms with van der Waals surface area (Å²) < 4.78 is 5.90. The summed E-state index contributed by atoms with van der Waals surface area (Å²) in [5, 5.41) is 0. The van der Waals surface area contributed by atoms with Crippen molar-refractivity contribution in [1.29, 1.82) is 0 Å². The summed E-state index contributed by atoms with van der Waals surface area (Å²) in [6.07, 6.45) is 2.55. The van der Waals surface area contributed by atoms with Crippen molar-refractivity contribution in [2.24, 2.45) is 5.73 Å². The molecule has 0 radical (unpaired) electrons. The molecular formula is C13H21NO. The van der Waals surface area contributed by atoms with Crippen LogP contribution in [-0.4, -0.2) is 12.6 Å². The predicted octanol–water partition coefficient (Wildman–Crippen LogP) is 2.89. The molecule has 1 rings (SSSR count). The Bertz CT molecular complexity index is 260. The van der Waals surface area contributed by atoms with Crippen LogP contribution < -0.4 is 5.73 Å². The minimum Gasteiger partial charge on any atom is -0.369 e. The highest BCUT2D eigenvalue weighted by Crippen LogP contribution is 2.19. The van der Waals surface area contributed by atoms with Crippen molar-refractivity contribution in [3.63, 3.8) is 0 Å². The Morgan fingerprint density at radius 2 is 1.93 bits per heavy atom. The maximum absolute atomic E-state index is 5.90. The average molecular weight is 207 g/mol. The Morgan fingerprint density at radius 1 is 1.27 bits per heavy atom. The van der Waals surface area contributed by atoms with Gasteiger partial charge in [0.05, 0.1) is 12.2 Å². The minimum absolute atomic E-state index is 0.0350. The van der Waals surface area contributed by atoms with Crippen LogP contribution in [0.3, 0.4) is 0 Å². The van der Waals surface area contributed by atoms with E-state index in [1.54, 1.807) is 0 Å². The molecule has 0 fully saturated rings. The van der Waals surface area contributed by atoms with Crippen molar-refractivity contribution in [2.75, 3.05) is 6.54 Å². The third-order valence-electron chi connectivity index (χ3n) is 2.48. The van der Waals surface area contributed by atoms with Crippen LogP contribution in [0.1, 0.15) is 38.4 Å². The molecule has 0 bridgehead atoms. The lowest BCUT2D eigenvalue weighted by Gasteiger charge is -2.21. The van der Waals surface area contributed by atoms with E-state index in [1.807, 2.05) is 18.2 Å². The summed E-state index contributed by atoms with van der Waals surface area (Å²) in [4.78, 5) is 0. The number of hydrogen-bond donors (Lipinski definition) is 1. The summed E-state index contributed by atoms with van der Waals surface area (Å²) in [5.74, 6) is 0. The van der Waals surface area contributed by atoms with Gasteiger partial charge >= 0.3 is 0 Å². The normalized spacial score (nSPS) is 14.9. The van der Waals surface area contributed by atoms with Gasteiger partial charge in [0.15, 0.2) is 0 Å². The van der Waals surface area contributed by atoms with Gasteiger partial charge in [0.2, 0.25) is 0 Å².